The van der Waals surface area contributed by atoms with Crippen LogP contribution in [-0.4, -0.2) is 24.1 Å². The Morgan fingerprint density at radius 1 is 1.15 bits per heavy atom. The first-order valence-corrected chi connectivity index (χ1v) is 9.82. The van der Waals surface area contributed by atoms with Gasteiger partial charge >= 0.3 is 11.9 Å². The molecule has 148 valence electrons. The minimum Gasteiger partial charge on any atom is -0.465 e. The van der Waals surface area contributed by atoms with Crippen molar-refractivity contribution in [3.8, 4) is 0 Å². The van der Waals surface area contributed by atoms with Gasteiger partial charge < -0.3 is 9.47 Å². The number of carbonyl (C=O) groups is 2. The zero-order valence-electron chi connectivity index (χ0n) is 17.0. The van der Waals surface area contributed by atoms with Crippen molar-refractivity contribution in [3.05, 3.63) is 25.3 Å². The second kappa shape index (κ2) is 9.94. The molecule has 0 heterocycles. The molecule has 1 aliphatic rings. The summed E-state index contributed by atoms with van der Waals surface area (Å²) in [5, 5.41) is 0. The Morgan fingerprint density at radius 3 is 2.15 bits per heavy atom. The van der Waals surface area contributed by atoms with Gasteiger partial charge in [0.15, 0.2) is 0 Å². The fraction of sp³-hybridized carbons (Fsp3) is 0.727. The first-order valence-electron chi connectivity index (χ1n) is 9.82. The Bertz CT molecular complexity index is 487. The highest BCUT2D eigenvalue weighted by atomic mass is 16.6. The molecule has 0 aromatic heterocycles. The standard InChI is InChI=1S/C22H36O4/c1-7-10-15-25-19(23)18(16-17-11-12-17)22(13-8-2,14-9-3)20(24)26-21(4,5)6/h8-9,17-18H,2-3,7,10-16H2,1,4-6H3/t18-/m0/s1. The number of hydrogen-bond acceptors (Lipinski definition) is 4. The van der Waals surface area contributed by atoms with Gasteiger partial charge in [-0.15, -0.1) is 13.2 Å². The summed E-state index contributed by atoms with van der Waals surface area (Å²) in [5.74, 6) is -0.698. The van der Waals surface area contributed by atoms with Gasteiger partial charge in [0.1, 0.15) is 5.60 Å². The lowest BCUT2D eigenvalue weighted by Crippen LogP contribution is -2.46. The lowest BCUT2D eigenvalue weighted by molar-refractivity contribution is -0.179. The minimum absolute atomic E-state index is 0.292. The number of unbranched alkanes of at least 4 members (excludes halogenated alkanes) is 1. The van der Waals surface area contributed by atoms with Gasteiger partial charge in [-0.05, 0) is 52.4 Å². The van der Waals surface area contributed by atoms with Gasteiger partial charge in [-0.3, -0.25) is 9.59 Å². The topological polar surface area (TPSA) is 52.6 Å². The Labute approximate surface area is 159 Å². The van der Waals surface area contributed by atoms with E-state index in [0.29, 0.717) is 31.8 Å². The maximum Gasteiger partial charge on any atom is 0.314 e. The highest BCUT2D eigenvalue weighted by molar-refractivity contribution is 5.86. The van der Waals surface area contributed by atoms with Crippen LogP contribution < -0.4 is 0 Å². The van der Waals surface area contributed by atoms with Crippen molar-refractivity contribution in [2.24, 2.45) is 17.3 Å². The van der Waals surface area contributed by atoms with Crippen molar-refractivity contribution in [1.29, 1.82) is 0 Å². The second-order valence-corrected chi connectivity index (χ2v) is 8.40. The van der Waals surface area contributed by atoms with E-state index < -0.39 is 16.9 Å². The van der Waals surface area contributed by atoms with Gasteiger partial charge in [0.05, 0.1) is 17.9 Å². The molecular formula is C22H36O4. The van der Waals surface area contributed by atoms with Crippen LogP contribution >= 0.6 is 0 Å². The average molecular weight is 365 g/mol. The summed E-state index contributed by atoms with van der Waals surface area (Å²) in [4.78, 5) is 26.2. The molecule has 0 unspecified atom stereocenters. The highest BCUT2D eigenvalue weighted by Crippen LogP contribution is 2.47. The summed E-state index contributed by atoms with van der Waals surface area (Å²) in [6.07, 6.45) is 8.78. The Balaban J connectivity index is 3.19. The van der Waals surface area contributed by atoms with E-state index in [1.54, 1.807) is 12.2 Å². The van der Waals surface area contributed by atoms with E-state index >= 15 is 0 Å². The maximum absolute atomic E-state index is 13.2. The predicted octanol–water partition coefficient (Wildman–Crippen LogP) is 5.23. The molecule has 4 heteroatoms. The minimum atomic E-state index is -0.997. The van der Waals surface area contributed by atoms with E-state index in [9.17, 15) is 9.59 Å². The monoisotopic (exact) mass is 364 g/mol. The molecule has 1 fully saturated rings. The van der Waals surface area contributed by atoms with E-state index in [0.717, 1.165) is 25.7 Å². The van der Waals surface area contributed by atoms with Crippen molar-refractivity contribution >= 4 is 11.9 Å². The molecule has 0 bridgehead atoms. The third-order valence-corrected chi connectivity index (χ3v) is 4.78. The molecule has 0 aromatic rings. The zero-order valence-corrected chi connectivity index (χ0v) is 17.0. The number of esters is 2. The zero-order chi connectivity index (χ0) is 19.8. The van der Waals surface area contributed by atoms with Gasteiger partial charge in [-0.25, -0.2) is 0 Å². The van der Waals surface area contributed by atoms with Crippen LogP contribution in [0.4, 0.5) is 0 Å². The molecule has 0 aromatic carbocycles. The average Bonchev–Trinajstić information content (AvgIpc) is 3.35. The summed E-state index contributed by atoms with van der Waals surface area (Å²) in [5.41, 5.74) is -1.62. The number of rotatable bonds is 12. The van der Waals surface area contributed by atoms with Crippen LogP contribution in [0.1, 0.15) is 72.6 Å². The normalized spacial score (nSPS) is 15.8. The van der Waals surface area contributed by atoms with Gasteiger partial charge in [-0.1, -0.05) is 38.3 Å². The summed E-state index contributed by atoms with van der Waals surface area (Å²) in [7, 11) is 0. The molecule has 0 saturated heterocycles. The van der Waals surface area contributed by atoms with Crippen LogP contribution in [0.5, 0.6) is 0 Å². The Kier molecular flexibility index (Phi) is 8.58. The molecule has 1 rings (SSSR count). The number of carbonyl (C=O) groups excluding carboxylic acids is 2. The molecule has 1 atom stereocenters. The van der Waals surface area contributed by atoms with Crippen LogP contribution in [0, 0.1) is 17.3 Å². The molecule has 0 spiro atoms. The van der Waals surface area contributed by atoms with Crippen LogP contribution in [0.15, 0.2) is 25.3 Å². The predicted molar refractivity (Wildman–Crippen MR) is 105 cm³/mol. The van der Waals surface area contributed by atoms with E-state index in [-0.39, 0.29) is 11.9 Å². The van der Waals surface area contributed by atoms with Gasteiger partial charge in [0, 0.05) is 0 Å². The van der Waals surface area contributed by atoms with Gasteiger partial charge in [0.25, 0.3) is 0 Å². The van der Waals surface area contributed by atoms with Crippen LogP contribution in [0.2, 0.25) is 0 Å². The van der Waals surface area contributed by atoms with E-state index in [1.165, 1.54) is 0 Å². The highest BCUT2D eigenvalue weighted by Gasteiger charge is 2.51. The van der Waals surface area contributed by atoms with Gasteiger partial charge in [-0.2, -0.15) is 0 Å². The molecule has 1 saturated carbocycles. The molecule has 1 aliphatic carbocycles. The molecule has 0 aliphatic heterocycles. The van der Waals surface area contributed by atoms with E-state index in [4.69, 9.17) is 9.47 Å². The fourth-order valence-electron chi connectivity index (χ4n) is 3.22. The van der Waals surface area contributed by atoms with Crippen LogP contribution in [0.25, 0.3) is 0 Å². The summed E-state index contributed by atoms with van der Waals surface area (Å²) in [6.45, 7) is 15.6. The van der Waals surface area contributed by atoms with Crippen molar-refractivity contribution in [1.82, 2.24) is 0 Å². The summed E-state index contributed by atoms with van der Waals surface area (Å²) >= 11 is 0. The lowest BCUT2D eigenvalue weighted by atomic mass is 9.68. The molecule has 26 heavy (non-hydrogen) atoms. The number of allylic oxidation sites excluding steroid dienone is 2. The largest absolute Gasteiger partial charge is 0.465 e. The van der Waals surface area contributed by atoms with Crippen molar-refractivity contribution in [2.45, 2.75) is 78.2 Å². The Morgan fingerprint density at radius 2 is 1.73 bits per heavy atom. The third-order valence-electron chi connectivity index (χ3n) is 4.78. The van der Waals surface area contributed by atoms with Crippen LogP contribution in [0.3, 0.4) is 0 Å². The fourth-order valence-corrected chi connectivity index (χ4v) is 3.22. The molecular weight excluding hydrogens is 328 g/mol. The molecule has 0 amide bonds. The molecule has 0 N–H and O–H groups in total. The smallest absolute Gasteiger partial charge is 0.314 e. The Hall–Kier alpha value is -1.58. The van der Waals surface area contributed by atoms with Crippen molar-refractivity contribution in [3.63, 3.8) is 0 Å². The number of hydrogen-bond donors (Lipinski definition) is 0. The lowest BCUT2D eigenvalue weighted by Gasteiger charge is -2.38. The van der Waals surface area contributed by atoms with Crippen LogP contribution in [-0.2, 0) is 19.1 Å². The van der Waals surface area contributed by atoms with E-state index in [2.05, 4.69) is 20.1 Å². The molecule has 0 radical (unpaired) electrons. The maximum atomic E-state index is 13.2. The first kappa shape index (κ1) is 22.5. The van der Waals surface area contributed by atoms with Gasteiger partial charge in [0.2, 0.25) is 0 Å². The SMILES string of the molecule is C=CCC(CC=C)(C(=O)OC(C)(C)C)[C@@H](CC1CC1)C(=O)OCCCC. The van der Waals surface area contributed by atoms with Crippen molar-refractivity contribution in [2.75, 3.05) is 6.61 Å². The molecule has 4 nitrogen and oxygen atoms in total. The van der Waals surface area contributed by atoms with Crippen molar-refractivity contribution < 1.29 is 19.1 Å². The first-order chi connectivity index (χ1) is 12.2. The summed E-state index contributed by atoms with van der Waals surface area (Å²) < 4.78 is 11.3. The van der Waals surface area contributed by atoms with E-state index in [1.807, 2.05) is 20.8 Å². The summed E-state index contributed by atoms with van der Waals surface area (Å²) in [6, 6.07) is 0. The third kappa shape index (κ3) is 6.62. The second-order valence-electron chi connectivity index (χ2n) is 8.40. The number of ether oxygens (including phenoxy) is 2. The quantitative estimate of drug-likeness (QED) is 0.270.